The number of hydrogen-bond donors (Lipinski definition) is 0. The molecule has 0 saturated heterocycles. The quantitative estimate of drug-likeness (QED) is 0.139. The Hall–Kier alpha value is -3.13. The van der Waals surface area contributed by atoms with Gasteiger partial charge in [-0.25, -0.2) is 13.2 Å². The summed E-state index contributed by atoms with van der Waals surface area (Å²) in [6.07, 6.45) is 0. The molecule has 8 heteroatoms. The van der Waals surface area contributed by atoms with E-state index in [9.17, 15) is 22.0 Å². The molecule has 0 bridgehead atoms. The summed E-state index contributed by atoms with van der Waals surface area (Å²) >= 11 is 0. The summed E-state index contributed by atoms with van der Waals surface area (Å²) < 4.78 is 67.7. The first kappa shape index (κ1) is 25.1. The zero-order chi connectivity index (χ0) is 23.9. The molecule has 0 aliphatic carbocycles. The first-order valence-electron chi connectivity index (χ1n) is 10.0. The molecule has 0 atom stereocenters. The van der Waals surface area contributed by atoms with Gasteiger partial charge in [-0.05, 0) is 38.1 Å². The molecule has 0 radical (unpaired) electrons. The van der Waals surface area contributed by atoms with Crippen LogP contribution in [0.4, 0.5) is 33.3 Å². The van der Waals surface area contributed by atoms with Gasteiger partial charge in [0, 0.05) is 19.8 Å². The Bertz CT molecular complexity index is 981. The van der Waals surface area contributed by atoms with Crippen LogP contribution < -0.4 is 14.4 Å². The third kappa shape index (κ3) is 5.37. The van der Waals surface area contributed by atoms with Crippen molar-refractivity contribution in [1.29, 1.82) is 0 Å². The van der Waals surface area contributed by atoms with Crippen molar-refractivity contribution in [2.24, 2.45) is 0 Å². The largest absolute Gasteiger partial charge is 0.378 e. The van der Waals surface area contributed by atoms with Gasteiger partial charge in [0.25, 0.3) is 5.69 Å². The van der Waals surface area contributed by atoms with Gasteiger partial charge in [-0.1, -0.05) is 36.4 Å². The van der Waals surface area contributed by atoms with E-state index in [0.717, 1.165) is 0 Å². The number of benzene rings is 3. The monoisotopic (exact) mass is 453 g/mol. The number of hydrogen-bond acceptors (Lipinski definition) is 2. The van der Waals surface area contributed by atoms with Gasteiger partial charge in [0.1, 0.15) is 13.1 Å². The van der Waals surface area contributed by atoms with Crippen molar-refractivity contribution in [1.82, 2.24) is 4.65 Å². The van der Waals surface area contributed by atoms with Crippen LogP contribution in [0.1, 0.15) is 13.8 Å². The van der Waals surface area contributed by atoms with Crippen LogP contribution in [0.15, 0.2) is 60.7 Å². The zero-order valence-corrected chi connectivity index (χ0v) is 18.4. The minimum Gasteiger partial charge on any atom is -0.378 e. The normalized spacial score (nSPS) is 10.9. The molecule has 32 heavy (non-hydrogen) atoms. The number of rotatable bonds is 6. The number of nitrogens with zero attached hydrogens (tertiary/aromatic N) is 2. The van der Waals surface area contributed by atoms with Crippen LogP contribution in [-0.2, 0) is 0 Å². The van der Waals surface area contributed by atoms with Crippen LogP contribution in [0.2, 0.25) is 0 Å². The molecule has 172 valence electrons. The van der Waals surface area contributed by atoms with E-state index < -0.39 is 39.4 Å². The summed E-state index contributed by atoms with van der Waals surface area (Å²) in [5.41, 5.74) is 0.243. The molecule has 3 rings (SSSR count). The van der Waals surface area contributed by atoms with Crippen molar-refractivity contribution < 1.29 is 26.8 Å². The Morgan fingerprint density at radius 3 is 1.44 bits per heavy atom. The lowest BCUT2D eigenvalue weighted by Crippen LogP contribution is -2.53. The second-order valence-electron chi connectivity index (χ2n) is 7.07. The fraction of sp³-hybridized carbons (Fsp3) is 0.250. The van der Waals surface area contributed by atoms with E-state index >= 15 is 0 Å². The Kier molecular flexibility index (Phi) is 8.60. The predicted octanol–water partition coefficient (Wildman–Crippen LogP) is 6.48. The highest BCUT2D eigenvalue weighted by atomic mass is 19.2. The highest BCUT2D eigenvalue weighted by Crippen LogP contribution is 2.35. The first-order chi connectivity index (χ1) is 15.2. The topological polar surface area (TPSA) is 12.5 Å². The maximum atomic E-state index is 14.2. The lowest BCUT2D eigenvalue weighted by Gasteiger charge is -2.33. The molecule has 0 aliphatic rings. The van der Waals surface area contributed by atoms with Crippen molar-refractivity contribution in [2.75, 3.05) is 32.1 Å². The van der Waals surface area contributed by atoms with Crippen LogP contribution in [-0.4, -0.2) is 27.2 Å². The van der Waals surface area contributed by atoms with Crippen molar-refractivity contribution >= 4 is 11.4 Å². The van der Waals surface area contributed by atoms with Gasteiger partial charge in [0.05, 0.1) is 0 Å². The van der Waals surface area contributed by atoms with E-state index in [1.807, 2.05) is 32.3 Å². The Labute approximate surface area is 184 Å². The third-order valence-electron chi connectivity index (χ3n) is 4.91. The zero-order valence-electron chi connectivity index (χ0n) is 18.4. The smallest absolute Gasteiger partial charge is 0.252 e. The lowest BCUT2D eigenvalue weighted by atomic mass is 10.2. The number of para-hydroxylation sites is 2. The molecule has 0 saturated carbocycles. The van der Waals surface area contributed by atoms with Gasteiger partial charge >= 0.3 is 0 Å². The van der Waals surface area contributed by atoms with Gasteiger partial charge in [0.15, 0.2) is 5.75 Å². The molecule has 0 heterocycles. The number of hydroxylamine groups is 2. The minimum absolute atomic E-state index is 0.0379. The van der Waals surface area contributed by atoms with Gasteiger partial charge in [-0.2, -0.15) is 8.78 Å². The summed E-state index contributed by atoms with van der Waals surface area (Å²) in [6, 6.07) is 18.3. The van der Waals surface area contributed by atoms with Crippen molar-refractivity contribution in [3.8, 4) is 5.75 Å². The van der Waals surface area contributed by atoms with E-state index in [2.05, 4.69) is 17.0 Å². The maximum absolute atomic E-state index is 14.2. The number of quaternary nitrogens is 1. The lowest BCUT2D eigenvalue weighted by molar-refractivity contribution is -0.0456. The average Bonchev–Trinajstić information content (AvgIpc) is 2.82. The highest BCUT2D eigenvalue weighted by molar-refractivity contribution is 5.47. The summed E-state index contributed by atoms with van der Waals surface area (Å²) in [4.78, 5) is 7.68. The van der Waals surface area contributed by atoms with Crippen LogP contribution >= 0.6 is 0 Å². The SMILES string of the molecule is CC[N+](CC)(Oc1ccccc1)c1c(F)c(F)c(F)c(F)c1F.CN(C)c1ccccc1. The highest BCUT2D eigenvalue weighted by Gasteiger charge is 2.42. The number of anilines is 1. The summed E-state index contributed by atoms with van der Waals surface area (Å²) in [6.45, 7) is 2.99. The maximum Gasteiger partial charge on any atom is 0.252 e. The van der Waals surface area contributed by atoms with Crippen LogP contribution in [0.5, 0.6) is 5.75 Å². The van der Waals surface area contributed by atoms with Gasteiger partial charge < -0.3 is 9.74 Å². The molecule has 3 aromatic rings. The fourth-order valence-electron chi connectivity index (χ4n) is 3.07. The first-order valence-corrected chi connectivity index (χ1v) is 10.0. The molecule has 0 aliphatic heterocycles. The van der Waals surface area contributed by atoms with Crippen LogP contribution in [0, 0.1) is 29.1 Å². The van der Waals surface area contributed by atoms with Gasteiger partial charge in [-0.15, -0.1) is 4.65 Å². The van der Waals surface area contributed by atoms with E-state index in [4.69, 9.17) is 4.84 Å². The molecule has 0 fully saturated rings. The Morgan fingerprint density at radius 2 is 1.06 bits per heavy atom. The molecule has 0 spiro atoms. The van der Waals surface area contributed by atoms with E-state index in [-0.39, 0.29) is 18.8 Å². The van der Waals surface area contributed by atoms with Crippen LogP contribution in [0.25, 0.3) is 0 Å². The van der Waals surface area contributed by atoms with E-state index in [1.54, 1.807) is 18.2 Å². The summed E-state index contributed by atoms with van der Waals surface area (Å²) in [5.74, 6) is -9.68. The molecule has 0 amide bonds. The molecule has 3 aromatic carbocycles. The van der Waals surface area contributed by atoms with Gasteiger partial charge in [-0.3, -0.25) is 0 Å². The van der Waals surface area contributed by atoms with Crippen molar-refractivity contribution in [2.45, 2.75) is 13.8 Å². The Balaban J connectivity index is 0.000000336. The second kappa shape index (κ2) is 10.9. The van der Waals surface area contributed by atoms with Crippen molar-refractivity contribution in [3.63, 3.8) is 0 Å². The third-order valence-corrected chi connectivity index (χ3v) is 4.91. The molecular formula is C24H26F5N2O+. The molecule has 3 nitrogen and oxygen atoms in total. The summed E-state index contributed by atoms with van der Waals surface area (Å²) in [7, 11) is 4.07. The fourth-order valence-corrected chi connectivity index (χ4v) is 3.07. The molecule has 0 unspecified atom stereocenters. The van der Waals surface area contributed by atoms with Gasteiger partial charge in [0.2, 0.25) is 29.1 Å². The van der Waals surface area contributed by atoms with E-state index in [1.165, 1.54) is 31.7 Å². The van der Waals surface area contributed by atoms with Crippen LogP contribution in [0.3, 0.4) is 0 Å². The standard InChI is InChI=1S/C16H15F5NO.C8H11N/c1-3-22(4-2,23-10-8-6-5-7-9-10)16-14(20)12(18)11(17)13(19)15(16)21;1-9(2)8-6-4-3-5-7-8/h5-9H,3-4H2,1-2H3;3-7H,1-2H3/q+1;. The number of halogens is 5. The molecular weight excluding hydrogens is 427 g/mol. The van der Waals surface area contributed by atoms with Crippen molar-refractivity contribution in [3.05, 3.63) is 89.7 Å². The summed E-state index contributed by atoms with van der Waals surface area (Å²) in [5, 5.41) is 0. The molecule has 0 N–H and O–H groups in total. The second-order valence-corrected chi connectivity index (χ2v) is 7.07. The average molecular weight is 453 g/mol. The Morgan fingerprint density at radius 1 is 0.656 bits per heavy atom. The minimum atomic E-state index is -2.19. The molecule has 0 aromatic heterocycles. The predicted molar refractivity (Wildman–Crippen MR) is 117 cm³/mol. The van der Waals surface area contributed by atoms with E-state index in [0.29, 0.717) is 0 Å².